The fourth-order valence-electron chi connectivity index (χ4n) is 6.34. The van der Waals surface area contributed by atoms with Crippen molar-refractivity contribution in [2.75, 3.05) is 0 Å². The normalized spacial score (nSPS) is 20.3. The van der Waals surface area contributed by atoms with Gasteiger partial charge < -0.3 is 23.7 Å². The van der Waals surface area contributed by atoms with Gasteiger partial charge in [0.15, 0.2) is 0 Å². The SMILES string of the molecule is C=CC(=O)OC(CCCCC)OC1=CC=C(C2=CC=C(OC(=O)C3=CC=C(OC(CCCCCCC)C4CC(=C)C(=O)O4)CC3)CC2)CC1. The number of carbonyl (C=O) groups is 3. The van der Waals surface area contributed by atoms with E-state index < -0.39 is 12.3 Å². The monoisotopic (exact) mass is 674 g/mol. The molecular weight excluding hydrogens is 620 g/mol. The average molecular weight is 675 g/mol. The van der Waals surface area contributed by atoms with E-state index in [1.807, 2.05) is 24.3 Å². The molecule has 0 N–H and O–H groups in total. The quantitative estimate of drug-likeness (QED) is 0.0414. The van der Waals surface area contributed by atoms with Gasteiger partial charge in [-0.2, -0.15) is 0 Å². The predicted molar refractivity (Wildman–Crippen MR) is 189 cm³/mol. The molecule has 1 fully saturated rings. The van der Waals surface area contributed by atoms with E-state index in [1.165, 1.54) is 30.4 Å². The molecule has 3 atom stereocenters. The van der Waals surface area contributed by atoms with Gasteiger partial charge in [-0.15, -0.1) is 0 Å². The topological polar surface area (TPSA) is 97.4 Å². The van der Waals surface area contributed by atoms with Gasteiger partial charge in [0.2, 0.25) is 6.29 Å². The third-order valence-corrected chi connectivity index (χ3v) is 9.28. The van der Waals surface area contributed by atoms with Crippen LogP contribution in [0.15, 0.2) is 95.3 Å². The number of allylic oxidation sites excluding steroid dienone is 11. The second kappa shape index (κ2) is 19.8. The molecule has 0 radical (unpaired) electrons. The molecule has 0 amide bonds. The van der Waals surface area contributed by atoms with Crippen LogP contribution in [0.1, 0.15) is 123 Å². The maximum Gasteiger partial charge on any atom is 0.339 e. The van der Waals surface area contributed by atoms with E-state index in [9.17, 15) is 14.4 Å². The molecule has 0 spiro atoms. The Hall–Kier alpha value is -4.07. The molecule has 1 heterocycles. The van der Waals surface area contributed by atoms with Gasteiger partial charge >= 0.3 is 17.9 Å². The Labute approximate surface area is 292 Å². The van der Waals surface area contributed by atoms with Crippen molar-refractivity contribution in [3.05, 3.63) is 95.3 Å². The number of carbonyl (C=O) groups excluding carboxylic acids is 3. The maximum atomic E-state index is 13.0. The largest absolute Gasteiger partial charge is 0.491 e. The van der Waals surface area contributed by atoms with Crippen LogP contribution in [0.25, 0.3) is 0 Å². The Morgan fingerprint density at radius 3 is 2.00 bits per heavy atom. The Balaban J connectivity index is 1.29. The summed E-state index contributed by atoms with van der Waals surface area (Å²) in [6.07, 6.45) is 26.4. The van der Waals surface area contributed by atoms with Crippen molar-refractivity contribution in [2.45, 2.75) is 141 Å². The summed E-state index contributed by atoms with van der Waals surface area (Å²) in [6, 6.07) is 0. The van der Waals surface area contributed by atoms with Crippen LogP contribution in [0, 0.1) is 0 Å². The number of esters is 3. The summed E-state index contributed by atoms with van der Waals surface area (Å²) < 4.78 is 29.2. The van der Waals surface area contributed by atoms with Crippen LogP contribution in [0.5, 0.6) is 0 Å². The van der Waals surface area contributed by atoms with Gasteiger partial charge in [-0.25, -0.2) is 14.4 Å². The van der Waals surface area contributed by atoms with E-state index >= 15 is 0 Å². The van der Waals surface area contributed by atoms with E-state index in [-0.39, 0.29) is 24.1 Å². The van der Waals surface area contributed by atoms with Crippen molar-refractivity contribution >= 4 is 17.9 Å². The van der Waals surface area contributed by atoms with Gasteiger partial charge in [-0.1, -0.05) is 77.7 Å². The Morgan fingerprint density at radius 2 is 1.41 bits per heavy atom. The summed E-state index contributed by atoms with van der Waals surface area (Å²) in [5.74, 6) is 1.10. The number of cyclic esters (lactones) is 1. The third-order valence-electron chi connectivity index (χ3n) is 9.28. The molecule has 3 unspecified atom stereocenters. The van der Waals surface area contributed by atoms with Crippen LogP contribution in [-0.2, 0) is 38.1 Å². The number of rotatable bonds is 20. The van der Waals surface area contributed by atoms with Crippen molar-refractivity contribution in [3.63, 3.8) is 0 Å². The van der Waals surface area contributed by atoms with Crippen LogP contribution in [0.3, 0.4) is 0 Å². The van der Waals surface area contributed by atoms with Gasteiger partial charge in [-0.05, 0) is 74.0 Å². The first-order valence-electron chi connectivity index (χ1n) is 18.3. The van der Waals surface area contributed by atoms with Gasteiger partial charge in [0.25, 0.3) is 0 Å². The first-order valence-corrected chi connectivity index (χ1v) is 18.3. The summed E-state index contributed by atoms with van der Waals surface area (Å²) in [7, 11) is 0. The molecule has 1 saturated heterocycles. The van der Waals surface area contributed by atoms with Crippen molar-refractivity contribution in [1.29, 1.82) is 0 Å². The lowest BCUT2D eigenvalue weighted by atomic mass is 9.90. The molecule has 0 aromatic carbocycles. The third kappa shape index (κ3) is 12.1. The zero-order chi connectivity index (χ0) is 35.0. The highest BCUT2D eigenvalue weighted by Gasteiger charge is 2.35. The van der Waals surface area contributed by atoms with Gasteiger partial charge in [-0.3, -0.25) is 0 Å². The zero-order valence-electron chi connectivity index (χ0n) is 29.5. The first-order chi connectivity index (χ1) is 23.8. The minimum atomic E-state index is -0.609. The minimum Gasteiger partial charge on any atom is -0.491 e. The number of hydrogen-bond acceptors (Lipinski definition) is 8. The van der Waals surface area contributed by atoms with E-state index in [0.717, 1.165) is 75.4 Å². The summed E-state index contributed by atoms with van der Waals surface area (Å²) in [6.45, 7) is 11.6. The molecule has 8 heteroatoms. The van der Waals surface area contributed by atoms with E-state index in [4.69, 9.17) is 23.7 Å². The molecule has 0 aromatic heterocycles. The lowest BCUT2D eigenvalue weighted by molar-refractivity contribution is -0.167. The standard InChI is InChI=1S/C41H54O8/c1-5-8-10-11-13-14-36(37-28-29(4)40(43)48-37)45-33-26-20-32(21-27-33)41(44)47-35-24-18-31(19-25-35)30-16-22-34(23-17-30)46-39(15-12-9-6-2)49-38(42)7-3/h7,16,18,20,22,24,26,36-37,39H,3-6,8-15,17,19,21,23,25,27-28H2,1-2H3. The van der Waals surface area contributed by atoms with Crippen LogP contribution in [0.4, 0.5) is 0 Å². The van der Waals surface area contributed by atoms with Gasteiger partial charge in [0.05, 0.1) is 5.76 Å². The van der Waals surface area contributed by atoms with Crippen LogP contribution in [-0.4, -0.2) is 36.4 Å². The second-order valence-electron chi connectivity index (χ2n) is 13.2. The summed E-state index contributed by atoms with van der Waals surface area (Å²) in [5.41, 5.74) is 3.54. The fraction of sp³-hybridized carbons (Fsp3) is 0.537. The first kappa shape index (κ1) is 37.7. The van der Waals surface area contributed by atoms with E-state index in [2.05, 4.69) is 33.1 Å². The van der Waals surface area contributed by atoms with Crippen molar-refractivity contribution in [2.24, 2.45) is 0 Å². The molecular formula is C41H54O8. The Morgan fingerprint density at radius 1 is 0.796 bits per heavy atom. The molecule has 3 aliphatic carbocycles. The second-order valence-corrected chi connectivity index (χ2v) is 13.2. The van der Waals surface area contributed by atoms with E-state index in [0.29, 0.717) is 49.0 Å². The van der Waals surface area contributed by atoms with Crippen molar-refractivity contribution in [1.82, 2.24) is 0 Å². The number of hydrogen-bond donors (Lipinski definition) is 0. The Bertz CT molecular complexity index is 1390. The molecule has 4 rings (SSSR count). The van der Waals surface area contributed by atoms with Crippen molar-refractivity contribution in [3.8, 4) is 0 Å². The molecule has 4 aliphatic rings. The van der Waals surface area contributed by atoms with Crippen LogP contribution < -0.4 is 0 Å². The summed E-state index contributed by atoms with van der Waals surface area (Å²) in [5, 5.41) is 0. The highest BCUT2D eigenvalue weighted by Crippen LogP contribution is 2.33. The molecule has 0 saturated carbocycles. The van der Waals surface area contributed by atoms with Crippen LogP contribution in [0.2, 0.25) is 0 Å². The van der Waals surface area contributed by atoms with Gasteiger partial charge in [0.1, 0.15) is 23.7 Å². The minimum absolute atomic E-state index is 0.227. The zero-order valence-corrected chi connectivity index (χ0v) is 29.5. The number of ether oxygens (including phenoxy) is 5. The summed E-state index contributed by atoms with van der Waals surface area (Å²) >= 11 is 0. The van der Waals surface area contributed by atoms with Gasteiger partial charge in [0, 0.05) is 49.3 Å². The predicted octanol–water partition coefficient (Wildman–Crippen LogP) is 9.61. The summed E-state index contributed by atoms with van der Waals surface area (Å²) in [4.78, 5) is 36.8. The smallest absolute Gasteiger partial charge is 0.339 e. The van der Waals surface area contributed by atoms with Crippen molar-refractivity contribution < 1.29 is 38.1 Å². The Kier molecular flexibility index (Phi) is 15.3. The van der Waals surface area contributed by atoms with Crippen LogP contribution >= 0.6 is 0 Å². The molecule has 0 aromatic rings. The number of unbranched alkanes of at least 4 members (excludes halogenated alkanes) is 6. The van der Waals surface area contributed by atoms with E-state index in [1.54, 1.807) is 6.08 Å². The molecule has 266 valence electrons. The molecule has 8 nitrogen and oxygen atoms in total. The molecule has 1 aliphatic heterocycles. The highest BCUT2D eigenvalue weighted by molar-refractivity contribution is 5.90. The lowest BCUT2D eigenvalue weighted by Gasteiger charge is -2.26. The lowest BCUT2D eigenvalue weighted by Crippen LogP contribution is -2.29. The fourth-order valence-corrected chi connectivity index (χ4v) is 6.34. The molecule has 49 heavy (non-hydrogen) atoms. The molecule has 0 bridgehead atoms. The average Bonchev–Trinajstić information content (AvgIpc) is 3.45. The highest BCUT2D eigenvalue weighted by atomic mass is 16.7. The maximum absolute atomic E-state index is 13.0.